The standard InChI is InChI=1S/C17H20N2O/c1-19(2)17-14(11-13-7-4-3-5-8-13)9-6-10-15(17)12-16(18)20/h3-10H,11-12H2,1-2H3,(H2,18,20). The second-order valence-electron chi connectivity index (χ2n) is 5.12. The van der Waals surface area contributed by atoms with Crippen LogP contribution in [0.5, 0.6) is 0 Å². The fraction of sp³-hybridized carbons (Fsp3) is 0.235. The van der Waals surface area contributed by atoms with E-state index in [0.29, 0.717) is 0 Å². The number of para-hydroxylation sites is 1. The van der Waals surface area contributed by atoms with Gasteiger partial charge in [0.15, 0.2) is 0 Å². The predicted octanol–water partition coefficient (Wildman–Crippen LogP) is 2.37. The lowest BCUT2D eigenvalue weighted by Gasteiger charge is -2.21. The molecule has 0 fully saturated rings. The quantitative estimate of drug-likeness (QED) is 0.905. The van der Waals surface area contributed by atoms with E-state index in [1.54, 1.807) is 0 Å². The minimum absolute atomic E-state index is 0.274. The molecule has 0 aromatic heterocycles. The third-order valence-electron chi connectivity index (χ3n) is 3.25. The van der Waals surface area contributed by atoms with Crippen LogP contribution in [0.2, 0.25) is 0 Å². The maximum Gasteiger partial charge on any atom is 0.221 e. The van der Waals surface area contributed by atoms with Crippen molar-refractivity contribution < 1.29 is 4.79 Å². The van der Waals surface area contributed by atoms with E-state index in [9.17, 15) is 4.79 Å². The molecule has 3 heteroatoms. The molecule has 2 rings (SSSR count). The fourth-order valence-electron chi connectivity index (χ4n) is 2.51. The van der Waals surface area contributed by atoms with Gasteiger partial charge in [-0.3, -0.25) is 4.79 Å². The van der Waals surface area contributed by atoms with E-state index in [4.69, 9.17) is 5.73 Å². The third-order valence-corrected chi connectivity index (χ3v) is 3.25. The number of amides is 1. The van der Waals surface area contributed by atoms with Gasteiger partial charge in [-0.05, 0) is 23.1 Å². The molecule has 0 aliphatic heterocycles. The molecule has 0 aliphatic carbocycles. The maximum atomic E-state index is 11.2. The molecule has 3 nitrogen and oxygen atoms in total. The average Bonchev–Trinajstić information content (AvgIpc) is 2.39. The van der Waals surface area contributed by atoms with E-state index < -0.39 is 0 Å². The van der Waals surface area contributed by atoms with E-state index in [1.165, 1.54) is 11.1 Å². The molecule has 104 valence electrons. The van der Waals surface area contributed by atoms with Gasteiger partial charge in [0.2, 0.25) is 5.91 Å². The molecule has 0 saturated carbocycles. The van der Waals surface area contributed by atoms with Crippen molar-refractivity contribution in [1.82, 2.24) is 0 Å². The molecular weight excluding hydrogens is 248 g/mol. The Balaban J connectivity index is 2.39. The topological polar surface area (TPSA) is 46.3 Å². The Labute approximate surface area is 120 Å². The molecule has 0 heterocycles. The Morgan fingerprint density at radius 3 is 2.25 bits per heavy atom. The van der Waals surface area contributed by atoms with Gasteiger partial charge in [-0.15, -0.1) is 0 Å². The van der Waals surface area contributed by atoms with Crippen LogP contribution in [0, 0.1) is 0 Å². The van der Waals surface area contributed by atoms with E-state index in [2.05, 4.69) is 23.1 Å². The highest BCUT2D eigenvalue weighted by atomic mass is 16.1. The molecule has 1 amide bonds. The first kappa shape index (κ1) is 14.1. The smallest absolute Gasteiger partial charge is 0.221 e. The maximum absolute atomic E-state index is 11.2. The summed E-state index contributed by atoms with van der Waals surface area (Å²) in [6.45, 7) is 0. The number of carbonyl (C=O) groups is 1. The fourth-order valence-corrected chi connectivity index (χ4v) is 2.51. The Kier molecular flexibility index (Phi) is 4.41. The SMILES string of the molecule is CN(C)c1c(CC(N)=O)cccc1Cc1ccccc1. The Hall–Kier alpha value is -2.29. The normalized spacial score (nSPS) is 10.3. The van der Waals surface area contributed by atoms with E-state index in [-0.39, 0.29) is 12.3 Å². The summed E-state index contributed by atoms with van der Waals surface area (Å²) in [7, 11) is 3.99. The molecule has 0 saturated heterocycles. The number of rotatable bonds is 5. The summed E-state index contributed by atoms with van der Waals surface area (Å²) >= 11 is 0. The van der Waals surface area contributed by atoms with E-state index in [0.717, 1.165) is 17.7 Å². The van der Waals surface area contributed by atoms with Crippen molar-refractivity contribution in [3.05, 3.63) is 65.2 Å². The second-order valence-corrected chi connectivity index (χ2v) is 5.12. The Morgan fingerprint density at radius 2 is 1.65 bits per heavy atom. The number of benzene rings is 2. The molecule has 2 aromatic carbocycles. The number of hydrogen-bond acceptors (Lipinski definition) is 2. The summed E-state index contributed by atoms with van der Waals surface area (Å²) in [6, 6.07) is 16.4. The monoisotopic (exact) mass is 268 g/mol. The first-order chi connectivity index (χ1) is 9.58. The molecule has 0 unspecified atom stereocenters. The third kappa shape index (κ3) is 3.38. The van der Waals surface area contributed by atoms with Crippen LogP contribution >= 0.6 is 0 Å². The van der Waals surface area contributed by atoms with Crippen LogP contribution in [0.3, 0.4) is 0 Å². The molecule has 0 aliphatic rings. The highest BCUT2D eigenvalue weighted by Crippen LogP contribution is 2.26. The summed E-state index contributed by atoms with van der Waals surface area (Å²) in [5, 5.41) is 0. The minimum Gasteiger partial charge on any atom is -0.377 e. The summed E-state index contributed by atoms with van der Waals surface area (Å²) in [5.74, 6) is -0.301. The summed E-state index contributed by atoms with van der Waals surface area (Å²) in [6.07, 6.45) is 1.12. The summed E-state index contributed by atoms with van der Waals surface area (Å²) < 4.78 is 0. The zero-order valence-corrected chi connectivity index (χ0v) is 12.0. The largest absolute Gasteiger partial charge is 0.377 e. The van der Waals surface area contributed by atoms with Gasteiger partial charge in [-0.25, -0.2) is 0 Å². The van der Waals surface area contributed by atoms with Gasteiger partial charge in [0.1, 0.15) is 0 Å². The van der Waals surface area contributed by atoms with Crippen molar-refractivity contribution in [2.45, 2.75) is 12.8 Å². The van der Waals surface area contributed by atoms with E-state index in [1.807, 2.05) is 44.4 Å². The van der Waals surface area contributed by atoms with Gasteiger partial charge in [0, 0.05) is 19.8 Å². The highest BCUT2D eigenvalue weighted by molar-refractivity contribution is 5.79. The van der Waals surface area contributed by atoms with Gasteiger partial charge in [-0.2, -0.15) is 0 Å². The number of primary amides is 1. The average molecular weight is 268 g/mol. The van der Waals surface area contributed by atoms with Crippen LogP contribution in [-0.4, -0.2) is 20.0 Å². The molecule has 0 atom stereocenters. The van der Waals surface area contributed by atoms with Crippen molar-refractivity contribution in [3.63, 3.8) is 0 Å². The van der Waals surface area contributed by atoms with Gasteiger partial charge >= 0.3 is 0 Å². The first-order valence-corrected chi connectivity index (χ1v) is 6.68. The summed E-state index contributed by atoms with van der Waals surface area (Å²) in [4.78, 5) is 13.3. The van der Waals surface area contributed by atoms with Gasteiger partial charge in [0.25, 0.3) is 0 Å². The Morgan fingerprint density at radius 1 is 1.00 bits per heavy atom. The van der Waals surface area contributed by atoms with Crippen LogP contribution in [0.15, 0.2) is 48.5 Å². The predicted molar refractivity (Wildman–Crippen MR) is 82.9 cm³/mol. The number of nitrogens with zero attached hydrogens (tertiary/aromatic N) is 1. The van der Waals surface area contributed by atoms with Crippen molar-refractivity contribution >= 4 is 11.6 Å². The lowest BCUT2D eigenvalue weighted by atomic mass is 9.98. The van der Waals surface area contributed by atoms with Gasteiger partial charge in [0.05, 0.1) is 6.42 Å². The molecule has 0 bridgehead atoms. The van der Waals surface area contributed by atoms with E-state index >= 15 is 0 Å². The van der Waals surface area contributed by atoms with Gasteiger partial charge < -0.3 is 10.6 Å². The van der Waals surface area contributed by atoms with Crippen molar-refractivity contribution in [1.29, 1.82) is 0 Å². The molecule has 20 heavy (non-hydrogen) atoms. The number of anilines is 1. The zero-order valence-electron chi connectivity index (χ0n) is 12.0. The van der Waals surface area contributed by atoms with Crippen LogP contribution in [0.25, 0.3) is 0 Å². The van der Waals surface area contributed by atoms with Crippen molar-refractivity contribution in [3.8, 4) is 0 Å². The molecule has 0 spiro atoms. The number of carbonyl (C=O) groups excluding carboxylic acids is 1. The number of nitrogens with two attached hydrogens (primary N) is 1. The van der Waals surface area contributed by atoms with Crippen molar-refractivity contribution in [2.75, 3.05) is 19.0 Å². The Bertz CT molecular complexity index is 591. The minimum atomic E-state index is -0.301. The first-order valence-electron chi connectivity index (χ1n) is 6.68. The van der Waals surface area contributed by atoms with Crippen LogP contribution in [-0.2, 0) is 17.6 Å². The second kappa shape index (κ2) is 6.24. The molecular formula is C17H20N2O. The van der Waals surface area contributed by atoms with Crippen LogP contribution < -0.4 is 10.6 Å². The van der Waals surface area contributed by atoms with Gasteiger partial charge in [-0.1, -0.05) is 48.5 Å². The summed E-state index contributed by atoms with van der Waals surface area (Å²) in [5.41, 5.74) is 9.88. The number of hydrogen-bond donors (Lipinski definition) is 1. The zero-order chi connectivity index (χ0) is 14.5. The van der Waals surface area contributed by atoms with Crippen LogP contribution in [0.4, 0.5) is 5.69 Å². The van der Waals surface area contributed by atoms with Crippen LogP contribution in [0.1, 0.15) is 16.7 Å². The molecule has 2 aromatic rings. The van der Waals surface area contributed by atoms with Crippen molar-refractivity contribution in [2.24, 2.45) is 5.73 Å². The highest BCUT2D eigenvalue weighted by Gasteiger charge is 2.12. The lowest BCUT2D eigenvalue weighted by Crippen LogP contribution is -2.19. The molecule has 0 radical (unpaired) electrons. The lowest BCUT2D eigenvalue weighted by molar-refractivity contribution is -0.117. The molecule has 2 N–H and O–H groups in total.